The number of hydrogen-bond donors (Lipinski definition) is 1. The van der Waals surface area contributed by atoms with Gasteiger partial charge in [0, 0.05) is 30.0 Å². The fourth-order valence-electron chi connectivity index (χ4n) is 2.55. The maximum atomic E-state index is 5.60. The Bertz CT molecular complexity index is 548. The molecule has 18 heavy (non-hydrogen) atoms. The molecule has 3 heterocycles. The highest BCUT2D eigenvalue weighted by Gasteiger charge is 2.14. The summed E-state index contributed by atoms with van der Waals surface area (Å²) in [7, 11) is 0. The summed E-state index contributed by atoms with van der Waals surface area (Å²) in [6, 6.07) is 6.27. The molecular weight excluding hydrogens is 224 g/mol. The van der Waals surface area contributed by atoms with Crippen LogP contribution in [-0.4, -0.2) is 14.8 Å². The zero-order valence-corrected chi connectivity index (χ0v) is 10.7. The molecule has 2 N–H and O–H groups in total. The van der Waals surface area contributed by atoms with Crippen molar-refractivity contribution in [3.8, 4) is 11.3 Å². The van der Waals surface area contributed by atoms with Crippen LogP contribution in [0.1, 0.15) is 29.9 Å². The number of fused-ring (bicyclic) bond motifs is 1. The second kappa shape index (κ2) is 4.53. The maximum absolute atomic E-state index is 5.60. The number of aryl methyl sites for hydroxylation is 3. The smallest absolute Gasteiger partial charge is 0.0944 e. The summed E-state index contributed by atoms with van der Waals surface area (Å²) in [5.74, 6) is 0. The fourth-order valence-corrected chi connectivity index (χ4v) is 2.55. The topological polar surface area (TPSA) is 56.7 Å². The average molecular weight is 242 g/mol. The van der Waals surface area contributed by atoms with Gasteiger partial charge >= 0.3 is 0 Å². The van der Waals surface area contributed by atoms with Crippen molar-refractivity contribution in [2.24, 2.45) is 5.73 Å². The molecule has 3 rings (SSSR count). The van der Waals surface area contributed by atoms with Gasteiger partial charge in [0.25, 0.3) is 0 Å². The third-order valence-corrected chi connectivity index (χ3v) is 3.54. The first-order valence-corrected chi connectivity index (χ1v) is 6.51. The van der Waals surface area contributed by atoms with Gasteiger partial charge in [-0.1, -0.05) is 0 Å². The highest BCUT2D eigenvalue weighted by Crippen LogP contribution is 2.25. The molecule has 4 heteroatoms. The standard InChI is InChI=1S/C14H18N4/c1-10-13(6-5-11(9-15)16-10)14-8-12-4-2-3-7-18(12)17-14/h5-6,8H,2-4,7,9,15H2,1H3. The predicted octanol–water partition coefficient (Wildman–Crippen LogP) is 2.05. The van der Waals surface area contributed by atoms with Gasteiger partial charge < -0.3 is 5.73 Å². The van der Waals surface area contributed by atoms with Crippen LogP contribution in [0.15, 0.2) is 18.2 Å². The van der Waals surface area contributed by atoms with Gasteiger partial charge in [0.1, 0.15) is 0 Å². The van der Waals surface area contributed by atoms with Crippen molar-refractivity contribution in [2.75, 3.05) is 0 Å². The molecule has 0 spiro atoms. The molecule has 2 aromatic heterocycles. The lowest BCUT2D eigenvalue weighted by Crippen LogP contribution is -2.10. The molecule has 0 radical (unpaired) electrons. The Hall–Kier alpha value is -1.68. The highest BCUT2D eigenvalue weighted by molar-refractivity contribution is 5.62. The maximum Gasteiger partial charge on any atom is 0.0944 e. The lowest BCUT2D eigenvalue weighted by atomic mass is 10.1. The molecule has 2 aromatic rings. The van der Waals surface area contributed by atoms with E-state index in [1.165, 1.54) is 18.5 Å². The van der Waals surface area contributed by atoms with Crippen molar-refractivity contribution in [1.29, 1.82) is 0 Å². The molecule has 94 valence electrons. The lowest BCUT2D eigenvalue weighted by molar-refractivity contribution is 0.487. The minimum atomic E-state index is 0.487. The molecule has 0 bridgehead atoms. The Kier molecular flexibility index (Phi) is 2.88. The van der Waals surface area contributed by atoms with E-state index in [-0.39, 0.29) is 0 Å². The van der Waals surface area contributed by atoms with E-state index in [0.717, 1.165) is 35.6 Å². The Morgan fingerprint density at radius 1 is 1.33 bits per heavy atom. The Labute approximate surface area is 107 Å². The Balaban J connectivity index is 2.01. The first-order valence-electron chi connectivity index (χ1n) is 6.51. The van der Waals surface area contributed by atoms with E-state index in [1.54, 1.807) is 0 Å². The summed E-state index contributed by atoms with van der Waals surface area (Å²) < 4.78 is 2.13. The van der Waals surface area contributed by atoms with Crippen LogP contribution in [-0.2, 0) is 19.5 Å². The summed E-state index contributed by atoms with van der Waals surface area (Å²) in [4.78, 5) is 4.50. The molecule has 4 nitrogen and oxygen atoms in total. The molecule has 0 atom stereocenters. The molecule has 0 aliphatic carbocycles. The van der Waals surface area contributed by atoms with E-state index in [0.29, 0.717) is 6.54 Å². The van der Waals surface area contributed by atoms with Crippen LogP contribution >= 0.6 is 0 Å². The van der Waals surface area contributed by atoms with Crippen molar-refractivity contribution in [1.82, 2.24) is 14.8 Å². The van der Waals surface area contributed by atoms with Crippen LogP contribution < -0.4 is 5.73 Å². The van der Waals surface area contributed by atoms with Gasteiger partial charge in [-0.15, -0.1) is 0 Å². The van der Waals surface area contributed by atoms with Gasteiger partial charge in [-0.3, -0.25) is 9.67 Å². The molecule has 0 fully saturated rings. The molecule has 0 amide bonds. The second-order valence-electron chi connectivity index (χ2n) is 4.84. The van der Waals surface area contributed by atoms with E-state index in [4.69, 9.17) is 5.73 Å². The summed E-state index contributed by atoms with van der Waals surface area (Å²) in [6.07, 6.45) is 3.65. The normalized spacial score (nSPS) is 14.6. The van der Waals surface area contributed by atoms with Crippen LogP contribution in [0.4, 0.5) is 0 Å². The molecule has 0 saturated carbocycles. The number of aromatic nitrogens is 3. The number of nitrogens with zero attached hydrogens (tertiary/aromatic N) is 3. The summed E-state index contributed by atoms with van der Waals surface area (Å²) >= 11 is 0. The SMILES string of the molecule is Cc1nc(CN)ccc1-c1cc2n(n1)CCCC2. The highest BCUT2D eigenvalue weighted by atomic mass is 15.3. The van der Waals surface area contributed by atoms with Crippen LogP contribution in [0.5, 0.6) is 0 Å². The van der Waals surface area contributed by atoms with Crippen molar-refractivity contribution >= 4 is 0 Å². The largest absolute Gasteiger partial charge is 0.325 e. The third kappa shape index (κ3) is 1.93. The number of pyridine rings is 1. The minimum Gasteiger partial charge on any atom is -0.325 e. The molecule has 0 aromatic carbocycles. The average Bonchev–Trinajstić information content (AvgIpc) is 2.81. The lowest BCUT2D eigenvalue weighted by Gasteiger charge is -2.11. The Morgan fingerprint density at radius 2 is 2.22 bits per heavy atom. The molecule has 0 saturated heterocycles. The van der Waals surface area contributed by atoms with Gasteiger partial charge in [-0.05, 0) is 44.4 Å². The predicted molar refractivity (Wildman–Crippen MR) is 71.0 cm³/mol. The van der Waals surface area contributed by atoms with E-state index in [9.17, 15) is 0 Å². The summed E-state index contributed by atoms with van der Waals surface area (Å²) in [6.45, 7) is 3.55. The molecule has 1 aliphatic rings. The van der Waals surface area contributed by atoms with E-state index in [1.807, 2.05) is 13.0 Å². The van der Waals surface area contributed by atoms with Gasteiger partial charge in [-0.25, -0.2) is 0 Å². The minimum absolute atomic E-state index is 0.487. The van der Waals surface area contributed by atoms with Gasteiger partial charge in [0.15, 0.2) is 0 Å². The third-order valence-electron chi connectivity index (χ3n) is 3.54. The van der Waals surface area contributed by atoms with Crippen LogP contribution in [0.2, 0.25) is 0 Å². The van der Waals surface area contributed by atoms with Gasteiger partial charge in [0.05, 0.1) is 11.4 Å². The van der Waals surface area contributed by atoms with E-state index < -0.39 is 0 Å². The fraction of sp³-hybridized carbons (Fsp3) is 0.429. The number of hydrogen-bond acceptors (Lipinski definition) is 3. The first-order chi connectivity index (χ1) is 8.78. The molecule has 0 unspecified atom stereocenters. The number of nitrogens with two attached hydrogens (primary N) is 1. The van der Waals surface area contributed by atoms with Crippen LogP contribution in [0.25, 0.3) is 11.3 Å². The summed E-state index contributed by atoms with van der Waals surface area (Å²) in [5, 5.41) is 4.68. The van der Waals surface area contributed by atoms with Crippen molar-refractivity contribution in [2.45, 2.75) is 39.3 Å². The van der Waals surface area contributed by atoms with Crippen LogP contribution in [0, 0.1) is 6.92 Å². The molecule has 1 aliphatic heterocycles. The second-order valence-corrected chi connectivity index (χ2v) is 4.84. The van der Waals surface area contributed by atoms with Gasteiger partial charge in [0.2, 0.25) is 0 Å². The zero-order chi connectivity index (χ0) is 12.5. The monoisotopic (exact) mass is 242 g/mol. The first kappa shape index (κ1) is 11.4. The van der Waals surface area contributed by atoms with Gasteiger partial charge in [-0.2, -0.15) is 5.10 Å². The number of rotatable bonds is 2. The molecular formula is C14H18N4. The summed E-state index contributed by atoms with van der Waals surface area (Å²) in [5.41, 5.74) is 11.1. The zero-order valence-electron chi connectivity index (χ0n) is 10.7. The van der Waals surface area contributed by atoms with E-state index in [2.05, 4.69) is 26.9 Å². The van der Waals surface area contributed by atoms with Crippen molar-refractivity contribution < 1.29 is 0 Å². The van der Waals surface area contributed by atoms with E-state index >= 15 is 0 Å². The van der Waals surface area contributed by atoms with Crippen molar-refractivity contribution in [3.63, 3.8) is 0 Å². The Morgan fingerprint density at radius 3 is 2.94 bits per heavy atom. The quantitative estimate of drug-likeness (QED) is 0.876. The van der Waals surface area contributed by atoms with Crippen LogP contribution in [0.3, 0.4) is 0 Å². The van der Waals surface area contributed by atoms with Crippen molar-refractivity contribution in [3.05, 3.63) is 35.3 Å².